The lowest BCUT2D eigenvalue weighted by atomic mass is 9.78. The molecule has 1 rings (SSSR count). The average molecular weight is 252 g/mol. The van der Waals surface area contributed by atoms with Crippen molar-refractivity contribution >= 4 is 0 Å². The number of hydrogen-bond donors (Lipinski definition) is 1. The molecule has 102 valence electrons. The van der Waals surface area contributed by atoms with Crippen molar-refractivity contribution in [3.05, 3.63) is 0 Å². The third-order valence-corrected chi connectivity index (χ3v) is 3.27. The molecule has 0 aliphatic heterocycles. The average Bonchev–Trinajstić information content (AvgIpc) is 1.94. The minimum atomic E-state index is -4.09. The Hall–Kier alpha value is -0.290. The van der Waals surface area contributed by atoms with Crippen molar-refractivity contribution in [1.82, 2.24) is 10.2 Å². The second kappa shape index (κ2) is 5.14. The van der Waals surface area contributed by atoms with Gasteiger partial charge < -0.3 is 5.32 Å². The largest absolute Gasteiger partial charge is 0.401 e. The van der Waals surface area contributed by atoms with E-state index >= 15 is 0 Å². The van der Waals surface area contributed by atoms with E-state index in [1.165, 1.54) is 4.90 Å². The molecule has 0 aromatic rings. The molecular weight excluding hydrogens is 229 g/mol. The van der Waals surface area contributed by atoms with Gasteiger partial charge in [0.1, 0.15) is 0 Å². The zero-order chi connectivity index (χ0) is 13.3. The number of rotatable bonds is 4. The van der Waals surface area contributed by atoms with Gasteiger partial charge in [-0.05, 0) is 53.1 Å². The lowest BCUT2D eigenvalue weighted by molar-refractivity contribution is -0.154. The van der Waals surface area contributed by atoms with Gasteiger partial charge in [-0.25, -0.2) is 0 Å². The molecule has 0 saturated heterocycles. The van der Waals surface area contributed by atoms with Gasteiger partial charge in [0.25, 0.3) is 0 Å². The summed E-state index contributed by atoms with van der Waals surface area (Å²) in [5.74, 6) is 0.349. The maximum Gasteiger partial charge on any atom is 0.401 e. The van der Waals surface area contributed by atoms with Crippen LogP contribution in [-0.2, 0) is 0 Å². The van der Waals surface area contributed by atoms with E-state index in [0.717, 1.165) is 19.4 Å². The zero-order valence-electron chi connectivity index (χ0n) is 11.1. The van der Waals surface area contributed by atoms with Crippen LogP contribution in [-0.4, -0.2) is 42.8 Å². The van der Waals surface area contributed by atoms with Crippen LogP contribution in [0.15, 0.2) is 0 Å². The van der Waals surface area contributed by atoms with Crippen LogP contribution in [0.4, 0.5) is 13.2 Å². The first-order chi connectivity index (χ1) is 7.58. The summed E-state index contributed by atoms with van der Waals surface area (Å²) in [4.78, 5) is 1.44. The van der Waals surface area contributed by atoms with E-state index in [1.807, 2.05) is 0 Å². The van der Waals surface area contributed by atoms with Crippen LogP contribution in [0.25, 0.3) is 0 Å². The lowest BCUT2D eigenvalue weighted by Crippen LogP contribution is -2.53. The molecule has 0 aromatic carbocycles. The van der Waals surface area contributed by atoms with Crippen molar-refractivity contribution in [2.45, 2.75) is 51.4 Å². The van der Waals surface area contributed by atoms with Crippen molar-refractivity contribution in [2.75, 3.05) is 20.1 Å². The lowest BCUT2D eigenvalue weighted by Gasteiger charge is -2.44. The molecule has 0 spiro atoms. The molecule has 0 amide bonds. The fraction of sp³-hybridized carbons (Fsp3) is 1.00. The number of nitrogens with one attached hydrogen (secondary N) is 1. The molecule has 0 aromatic heterocycles. The van der Waals surface area contributed by atoms with E-state index in [4.69, 9.17) is 0 Å². The van der Waals surface area contributed by atoms with E-state index < -0.39 is 12.7 Å². The molecular formula is C12H23F3N2. The van der Waals surface area contributed by atoms with Crippen molar-refractivity contribution < 1.29 is 13.2 Å². The van der Waals surface area contributed by atoms with E-state index in [0.29, 0.717) is 5.92 Å². The second-order valence-corrected chi connectivity index (χ2v) is 6.07. The summed E-state index contributed by atoms with van der Waals surface area (Å²) in [6.45, 7) is 6.21. The molecule has 1 aliphatic rings. The van der Waals surface area contributed by atoms with E-state index in [2.05, 4.69) is 26.1 Å². The number of alkyl halides is 3. The number of halogens is 3. The predicted octanol–water partition coefficient (Wildman–Crippen LogP) is 2.65. The maximum absolute atomic E-state index is 12.3. The van der Waals surface area contributed by atoms with Gasteiger partial charge in [-0.2, -0.15) is 13.2 Å². The summed E-state index contributed by atoms with van der Waals surface area (Å²) in [7, 11) is 1.57. The predicted molar refractivity (Wildman–Crippen MR) is 63.0 cm³/mol. The number of hydrogen-bond acceptors (Lipinski definition) is 2. The summed E-state index contributed by atoms with van der Waals surface area (Å²) < 4.78 is 36.8. The molecule has 1 saturated carbocycles. The van der Waals surface area contributed by atoms with Crippen molar-refractivity contribution in [3.8, 4) is 0 Å². The van der Waals surface area contributed by atoms with Crippen molar-refractivity contribution in [1.29, 1.82) is 0 Å². The van der Waals surface area contributed by atoms with E-state index in [1.54, 1.807) is 7.05 Å². The summed E-state index contributed by atoms with van der Waals surface area (Å²) in [6, 6.07) is 0.0754. The first kappa shape index (κ1) is 14.8. The van der Waals surface area contributed by atoms with E-state index in [-0.39, 0.29) is 11.6 Å². The summed E-state index contributed by atoms with van der Waals surface area (Å²) >= 11 is 0. The molecule has 1 fully saturated rings. The molecule has 2 atom stereocenters. The summed E-state index contributed by atoms with van der Waals surface area (Å²) in [5.41, 5.74) is 0.0305. The van der Waals surface area contributed by atoms with Crippen molar-refractivity contribution in [2.24, 2.45) is 5.92 Å². The van der Waals surface area contributed by atoms with Gasteiger partial charge in [0.15, 0.2) is 0 Å². The Balaban J connectivity index is 2.35. The minimum absolute atomic E-state index is 0.0305. The van der Waals surface area contributed by atoms with Crippen LogP contribution in [0.5, 0.6) is 0 Å². The molecule has 1 N–H and O–H groups in total. The minimum Gasteiger partial charge on any atom is -0.312 e. The van der Waals surface area contributed by atoms with Crippen LogP contribution in [0.2, 0.25) is 0 Å². The van der Waals surface area contributed by atoms with Crippen LogP contribution < -0.4 is 5.32 Å². The van der Waals surface area contributed by atoms with Crippen LogP contribution in [0.3, 0.4) is 0 Å². The summed E-state index contributed by atoms with van der Waals surface area (Å²) in [5, 5.41) is 3.36. The Morgan fingerprint density at radius 2 is 1.76 bits per heavy atom. The van der Waals surface area contributed by atoms with Gasteiger partial charge in [-0.1, -0.05) is 0 Å². The molecule has 1 aliphatic carbocycles. The molecule has 0 heterocycles. The molecule has 0 bridgehead atoms. The molecule has 5 heteroatoms. The molecule has 2 nitrogen and oxygen atoms in total. The highest BCUT2D eigenvalue weighted by Crippen LogP contribution is 2.32. The highest BCUT2D eigenvalue weighted by Gasteiger charge is 2.39. The molecule has 17 heavy (non-hydrogen) atoms. The SMILES string of the molecule is CN(CC(F)(F)F)C1CCC1CNC(C)(C)C. The Bertz CT molecular complexity index is 245. The fourth-order valence-electron chi connectivity index (χ4n) is 2.21. The zero-order valence-corrected chi connectivity index (χ0v) is 11.1. The van der Waals surface area contributed by atoms with Gasteiger partial charge in [0.2, 0.25) is 0 Å². The Morgan fingerprint density at radius 3 is 2.12 bits per heavy atom. The van der Waals surface area contributed by atoms with Crippen LogP contribution in [0.1, 0.15) is 33.6 Å². The number of nitrogens with zero attached hydrogens (tertiary/aromatic N) is 1. The standard InChI is InChI=1S/C12H23F3N2/c1-11(2,3)16-7-9-5-6-10(9)17(4)8-12(13,14)15/h9-10,16H,5-8H2,1-4H3. The Kier molecular flexibility index (Phi) is 4.47. The van der Waals surface area contributed by atoms with Crippen LogP contribution >= 0.6 is 0 Å². The quantitative estimate of drug-likeness (QED) is 0.827. The smallest absolute Gasteiger partial charge is 0.312 e. The first-order valence-corrected chi connectivity index (χ1v) is 6.10. The molecule has 0 radical (unpaired) electrons. The monoisotopic (exact) mass is 252 g/mol. The van der Waals surface area contributed by atoms with Gasteiger partial charge >= 0.3 is 6.18 Å². The van der Waals surface area contributed by atoms with Gasteiger partial charge in [0, 0.05) is 11.6 Å². The normalized spacial score (nSPS) is 26.1. The summed E-state index contributed by atoms with van der Waals surface area (Å²) in [6.07, 6.45) is -2.19. The second-order valence-electron chi connectivity index (χ2n) is 6.07. The van der Waals surface area contributed by atoms with Gasteiger partial charge in [0.05, 0.1) is 6.54 Å². The maximum atomic E-state index is 12.3. The van der Waals surface area contributed by atoms with Gasteiger partial charge in [-0.3, -0.25) is 4.90 Å². The highest BCUT2D eigenvalue weighted by molar-refractivity contribution is 4.90. The third-order valence-electron chi connectivity index (χ3n) is 3.27. The highest BCUT2D eigenvalue weighted by atomic mass is 19.4. The van der Waals surface area contributed by atoms with Crippen LogP contribution in [0, 0.1) is 5.92 Å². The fourth-order valence-corrected chi connectivity index (χ4v) is 2.21. The third kappa shape index (κ3) is 5.25. The Morgan fingerprint density at radius 1 is 1.18 bits per heavy atom. The first-order valence-electron chi connectivity index (χ1n) is 6.10. The Labute approximate surface area is 102 Å². The van der Waals surface area contributed by atoms with Gasteiger partial charge in [-0.15, -0.1) is 0 Å². The van der Waals surface area contributed by atoms with Crippen molar-refractivity contribution in [3.63, 3.8) is 0 Å². The topological polar surface area (TPSA) is 15.3 Å². The van der Waals surface area contributed by atoms with E-state index in [9.17, 15) is 13.2 Å². The molecule has 2 unspecified atom stereocenters.